The molecular formula is C16H20FN3O4. The Morgan fingerprint density at radius 2 is 1.96 bits per heavy atom. The molecule has 1 aromatic carbocycles. The van der Waals surface area contributed by atoms with Crippen molar-refractivity contribution >= 4 is 23.4 Å². The zero-order valence-corrected chi connectivity index (χ0v) is 13.2. The summed E-state index contributed by atoms with van der Waals surface area (Å²) in [6, 6.07) is 4.00. The van der Waals surface area contributed by atoms with Gasteiger partial charge in [-0.3, -0.25) is 4.79 Å². The van der Waals surface area contributed by atoms with Gasteiger partial charge in [-0.1, -0.05) is 0 Å². The molecule has 24 heavy (non-hydrogen) atoms. The highest BCUT2D eigenvalue weighted by Crippen LogP contribution is 2.24. The topological polar surface area (TPSA) is 82.1 Å². The number of carboxylic acid groups (broad SMARTS) is 1. The Hall–Kier alpha value is -2.35. The van der Waals surface area contributed by atoms with Gasteiger partial charge >= 0.3 is 12.0 Å². The number of rotatable bonds is 3. The molecule has 0 radical (unpaired) electrons. The van der Waals surface area contributed by atoms with E-state index in [0.29, 0.717) is 50.6 Å². The molecule has 1 atom stereocenters. The maximum atomic E-state index is 13.9. The molecule has 7 nitrogen and oxygen atoms in total. The molecule has 0 aliphatic carbocycles. The molecule has 1 unspecified atom stereocenters. The average molecular weight is 337 g/mol. The Morgan fingerprint density at radius 3 is 2.62 bits per heavy atom. The van der Waals surface area contributed by atoms with Crippen LogP contribution in [0.25, 0.3) is 0 Å². The number of likely N-dealkylation sites (tertiary alicyclic amines) is 1. The second-order valence-electron chi connectivity index (χ2n) is 6.00. The standard InChI is InChI=1S/C16H20FN3O4/c17-12-7-13(9-14(8-12)19-3-5-24-6-4-19)18-16(23)20-2-1-11(10-20)15(21)22/h7-9,11H,1-6,10H2,(H,18,23)(H,21,22). The molecule has 2 N–H and O–H groups in total. The lowest BCUT2D eigenvalue weighted by molar-refractivity contribution is -0.141. The zero-order chi connectivity index (χ0) is 17.1. The Kier molecular flexibility index (Phi) is 4.84. The average Bonchev–Trinajstić information content (AvgIpc) is 3.05. The number of aliphatic carboxylic acids is 1. The van der Waals surface area contributed by atoms with Crippen molar-refractivity contribution in [2.24, 2.45) is 5.92 Å². The smallest absolute Gasteiger partial charge is 0.321 e. The minimum Gasteiger partial charge on any atom is -0.481 e. The number of amides is 2. The van der Waals surface area contributed by atoms with Crippen LogP contribution < -0.4 is 10.2 Å². The quantitative estimate of drug-likeness (QED) is 0.875. The molecule has 2 saturated heterocycles. The van der Waals surface area contributed by atoms with Crippen LogP contribution >= 0.6 is 0 Å². The van der Waals surface area contributed by atoms with Crippen molar-refractivity contribution in [2.45, 2.75) is 6.42 Å². The summed E-state index contributed by atoms with van der Waals surface area (Å²) in [7, 11) is 0. The van der Waals surface area contributed by atoms with Crippen molar-refractivity contribution in [1.29, 1.82) is 0 Å². The van der Waals surface area contributed by atoms with Gasteiger partial charge in [0.25, 0.3) is 0 Å². The van der Waals surface area contributed by atoms with Crippen LogP contribution in [0.5, 0.6) is 0 Å². The SMILES string of the molecule is O=C(O)C1CCN(C(=O)Nc2cc(F)cc(N3CCOCC3)c2)C1. The number of anilines is 2. The fourth-order valence-corrected chi connectivity index (χ4v) is 3.00. The summed E-state index contributed by atoms with van der Waals surface area (Å²) in [5.74, 6) is -1.86. The van der Waals surface area contributed by atoms with E-state index in [1.165, 1.54) is 17.0 Å². The lowest BCUT2D eigenvalue weighted by atomic mass is 10.1. The van der Waals surface area contributed by atoms with Gasteiger partial charge in [-0.15, -0.1) is 0 Å². The van der Waals surface area contributed by atoms with Gasteiger partial charge in [0, 0.05) is 37.6 Å². The molecule has 2 aliphatic heterocycles. The van der Waals surface area contributed by atoms with Gasteiger partial charge in [-0.2, -0.15) is 0 Å². The molecule has 0 bridgehead atoms. The Morgan fingerprint density at radius 1 is 1.21 bits per heavy atom. The van der Waals surface area contributed by atoms with Gasteiger partial charge in [-0.05, 0) is 24.6 Å². The fraction of sp³-hybridized carbons (Fsp3) is 0.500. The summed E-state index contributed by atoms with van der Waals surface area (Å²) < 4.78 is 19.2. The lowest BCUT2D eigenvalue weighted by Gasteiger charge is -2.29. The highest BCUT2D eigenvalue weighted by Gasteiger charge is 2.31. The van der Waals surface area contributed by atoms with Crippen LogP contribution in [0.4, 0.5) is 20.6 Å². The predicted molar refractivity (Wildman–Crippen MR) is 85.8 cm³/mol. The number of urea groups is 1. The molecule has 8 heteroatoms. The summed E-state index contributed by atoms with van der Waals surface area (Å²) in [4.78, 5) is 26.7. The van der Waals surface area contributed by atoms with E-state index >= 15 is 0 Å². The number of nitrogens with zero attached hydrogens (tertiary/aromatic N) is 2. The van der Waals surface area contributed by atoms with Gasteiger partial charge in [-0.25, -0.2) is 9.18 Å². The monoisotopic (exact) mass is 337 g/mol. The van der Waals surface area contributed by atoms with Crippen LogP contribution in [0.1, 0.15) is 6.42 Å². The first kappa shape index (κ1) is 16.5. The van der Waals surface area contributed by atoms with E-state index in [4.69, 9.17) is 9.84 Å². The fourth-order valence-electron chi connectivity index (χ4n) is 3.00. The van der Waals surface area contributed by atoms with Gasteiger partial charge in [0.1, 0.15) is 5.82 Å². The van der Waals surface area contributed by atoms with Crippen molar-refractivity contribution in [3.63, 3.8) is 0 Å². The number of carboxylic acids is 1. The molecule has 2 heterocycles. The van der Waals surface area contributed by atoms with E-state index in [1.807, 2.05) is 4.90 Å². The summed E-state index contributed by atoms with van der Waals surface area (Å²) in [6.45, 7) is 3.07. The lowest BCUT2D eigenvalue weighted by Crippen LogP contribution is -2.36. The largest absolute Gasteiger partial charge is 0.481 e. The number of benzene rings is 1. The first-order valence-electron chi connectivity index (χ1n) is 7.95. The third kappa shape index (κ3) is 3.76. The molecule has 0 spiro atoms. The van der Waals surface area contributed by atoms with Crippen molar-refractivity contribution in [1.82, 2.24) is 4.90 Å². The number of halogens is 1. The Bertz CT molecular complexity index is 634. The number of hydrogen-bond donors (Lipinski definition) is 2. The van der Waals surface area contributed by atoms with Crippen LogP contribution in [0.15, 0.2) is 18.2 Å². The van der Waals surface area contributed by atoms with Crippen LogP contribution in [-0.2, 0) is 9.53 Å². The third-order valence-corrected chi connectivity index (χ3v) is 4.33. The normalized spacial score (nSPS) is 21.0. The number of ether oxygens (including phenoxy) is 1. The first-order chi connectivity index (χ1) is 11.5. The van der Waals surface area contributed by atoms with E-state index in [-0.39, 0.29) is 6.54 Å². The summed E-state index contributed by atoms with van der Waals surface area (Å²) in [5, 5.41) is 11.7. The predicted octanol–water partition coefficient (Wildman–Crippen LogP) is 1.60. The van der Waals surface area contributed by atoms with Crippen LogP contribution in [-0.4, -0.2) is 61.4 Å². The van der Waals surface area contributed by atoms with E-state index in [1.54, 1.807) is 6.07 Å². The minimum absolute atomic E-state index is 0.173. The highest BCUT2D eigenvalue weighted by molar-refractivity contribution is 5.90. The molecule has 0 aromatic heterocycles. The van der Waals surface area contributed by atoms with Crippen LogP contribution in [0, 0.1) is 11.7 Å². The number of carbonyl (C=O) groups excluding carboxylic acids is 1. The molecule has 3 rings (SSSR count). The Labute approximate surface area is 139 Å². The maximum Gasteiger partial charge on any atom is 0.321 e. The summed E-state index contributed by atoms with van der Waals surface area (Å²) in [6.07, 6.45) is 0.435. The highest BCUT2D eigenvalue weighted by atomic mass is 19.1. The molecule has 2 aliphatic rings. The van der Waals surface area contributed by atoms with Gasteiger partial charge in [0.2, 0.25) is 0 Å². The molecule has 2 amide bonds. The van der Waals surface area contributed by atoms with Crippen molar-refractivity contribution in [3.8, 4) is 0 Å². The summed E-state index contributed by atoms with van der Waals surface area (Å²) >= 11 is 0. The minimum atomic E-state index is -0.898. The van der Waals surface area contributed by atoms with Gasteiger partial charge in [0.05, 0.1) is 19.1 Å². The van der Waals surface area contributed by atoms with E-state index in [0.717, 1.165) is 0 Å². The van der Waals surface area contributed by atoms with Crippen LogP contribution in [0.2, 0.25) is 0 Å². The van der Waals surface area contributed by atoms with Gasteiger partial charge in [0.15, 0.2) is 0 Å². The molecule has 1 aromatic rings. The van der Waals surface area contributed by atoms with E-state index in [2.05, 4.69) is 5.32 Å². The van der Waals surface area contributed by atoms with Crippen molar-refractivity contribution in [2.75, 3.05) is 49.6 Å². The maximum absolute atomic E-state index is 13.9. The van der Waals surface area contributed by atoms with Gasteiger partial charge < -0.3 is 25.0 Å². The van der Waals surface area contributed by atoms with Crippen molar-refractivity contribution < 1.29 is 23.8 Å². The molecule has 2 fully saturated rings. The number of morpholine rings is 1. The first-order valence-corrected chi connectivity index (χ1v) is 7.95. The van der Waals surface area contributed by atoms with Crippen LogP contribution in [0.3, 0.4) is 0 Å². The number of carbonyl (C=O) groups is 2. The second kappa shape index (κ2) is 7.04. The van der Waals surface area contributed by atoms with E-state index in [9.17, 15) is 14.0 Å². The Balaban J connectivity index is 1.67. The molecule has 130 valence electrons. The molecular weight excluding hydrogens is 317 g/mol. The number of hydrogen-bond acceptors (Lipinski definition) is 4. The molecule has 0 saturated carbocycles. The number of nitrogens with one attached hydrogen (secondary N) is 1. The van der Waals surface area contributed by atoms with Crippen molar-refractivity contribution in [3.05, 3.63) is 24.0 Å². The summed E-state index contributed by atoms with van der Waals surface area (Å²) in [5.41, 5.74) is 1.05. The van der Waals surface area contributed by atoms with E-state index < -0.39 is 23.7 Å². The zero-order valence-electron chi connectivity index (χ0n) is 13.2. The second-order valence-corrected chi connectivity index (χ2v) is 6.00. The third-order valence-electron chi connectivity index (χ3n) is 4.33.